The Bertz CT molecular complexity index is 1370. The van der Waals surface area contributed by atoms with Crippen molar-refractivity contribution in [3.05, 3.63) is 100 Å². The molecule has 2 N–H and O–H groups in total. The van der Waals surface area contributed by atoms with Crippen LogP contribution in [0.5, 0.6) is 5.75 Å². The topological polar surface area (TPSA) is 53.6 Å². The second kappa shape index (κ2) is 9.15. The molecule has 33 heavy (non-hydrogen) atoms. The van der Waals surface area contributed by atoms with Crippen LogP contribution in [0.3, 0.4) is 0 Å². The number of hydrogen-bond donors (Lipinski definition) is 2. The molecule has 0 atom stereocenters. The molecule has 1 heterocycles. The second-order valence-corrected chi connectivity index (χ2v) is 8.91. The van der Waals surface area contributed by atoms with Crippen molar-refractivity contribution in [3.8, 4) is 5.75 Å². The van der Waals surface area contributed by atoms with E-state index < -0.39 is 0 Å². The summed E-state index contributed by atoms with van der Waals surface area (Å²) in [6.45, 7) is 0.753. The Kier molecular flexibility index (Phi) is 5.92. The summed E-state index contributed by atoms with van der Waals surface area (Å²) < 4.78 is 6.39. The summed E-state index contributed by atoms with van der Waals surface area (Å²) in [7, 11) is 1.57. The van der Waals surface area contributed by atoms with Crippen LogP contribution in [0.2, 0.25) is 0 Å². The van der Waals surface area contributed by atoms with Crippen LogP contribution in [0.4, 0.5) is 22.7 Å². The summed E-state index contributed by atoms with van der Waals surface area (Å²) >= 11 is 2.20. The highest BCUT2D eigenvalue weighted by atomic mass is 127. The molecular formula is C27H22IN3O2. The normalized spacial score (nSPS) is 12.6. The molecule has 0 fully saturated rings. The van der Waals surface area contributed by atoms with Gasteiger partial charge in [0.25, 0.3) is 5.91 Å². The molecule has 164 valence electrons. The molecule has 5 nitrogen and oxygen atoms in total. The monoisotopic (exact) mass is 547 g/mol. The van der Waals surface area contributed by atoms with Gasteiger partial charge in [0.1, 0.15) is 5.75 Å². The summed E-state index contributed by atoms with van der Waals surface area (Å²) in [5.41, 5.74) is 4.44. The fourth-order valence-corrected chi connectivity index (χ4v) is 4.49. The molecule has 1 aliphatic heterocycles. The van der Waals surface area contributed by atoms with Crippen molar-refractivity contribution in [2.45, 2.75) is 0 Å². The molecule has 0 unspecified atom stereocenters. The average molecular weight is 547 g/mol. The molecule has 1 aliphatic rings. The van der Waals surface area contributed by atoms with E-state index >= 15 is 0 Å². The number of benzene rings is 4. The molecule has 5 rings (SSSR count). The third-order valence-electron chi connectivity index (χ3n) is 5.63. The summed E-state index contributed by atoms with van der Waals surface area (Å²) in [6, 6.07) is 26.0. The minimum atomic E-state index is -0.202. The first-order valence-electron chi connectivity index (χ1n) is 10.6. The number of nitrogens with one attached hydrogen (secondary N) is 2. The highest BCUT2D eigenvalue weighted by Crippen LogP contribution is 2.39. The van der Waals surface area contributed by atoms with Crippen LogP contribution in [0.1, 0.15) is 10.4 Å². The average Bonchev–Trinajstić information content (AvgIpc) is 3.07. The fourth-order valence-electron chi connectivity index (χ4n) is 4.03. The van der Waals surface area contributed by atoms with E-state index in [4.69, 9.17) is 4.74 Å². The molecule has 0 radical (unpaired) electrons. The molecule has 0 bridgehead atoms. The van der Waals surface area contributed by atoms with E-state index in [1.807, 2.05) is 36.4 Å². The molecule has 6 heteroatoms. The van der Waals surface area contributed by atoms with Gasteiger partial charge in [-0.25, -0.2) is 0 Å². The van der Waals surface area contributed by atoms with Crippen molar-refractivity contribution in [2.24, 2.45) is 0 Å². The highest BCUT2D eigenvalue weighted by Gasteiger charge is 2.17. The van der Waals surface area contributed by atoms with Crippen molar-refractivity contribution in [2.75, 3.05) is 29.2 Å². The first-order chi connectivity index (χ1) is 16.1. The van der Waals surface area contributed by atoms with Crippen LogP contribution >= 0.6 is 22.6 Å². The van der Waals surface area contributed by atoms with Crippen molar-refractivity contribution in [3.63, 3.8) is 0 Å². The molecular weight excluding hydrogens is 525 g/mol. The van der Waals surface area contributed by atoms with Gasteiger partial charge in [0, 0.05) is 33.1 Å². The number of nitrogens with zero attached hydrogens (tertiary/aromatic N) is 1. The largest absolute Gasteiger partial charge is 0.496 e. The van der Waals surface area contributed by atoms with Crippen LogP contribution in [-0.2, 0) is 0 Å². The molecule has 4 aromatic carbocycles. The van der Waals surface area contributed by atoms with Gasteiger partial charge in [-0.1, -0.05) is 30.3 Å². The predicted octanol–water partition coefficient (Wildman–Crippen LogP) is 6.78. The number of hydrogen-bond acceptors (Lipinski definition) is 4. The molecule has 0 aliphatic carbocycles. The van der Waals surface area contributed by atoms with Gasteiger partial charge in [-0.2, -0.15) is 0 Å². The summed E-state index contributed by atoms with van der Waals surface area (Å²) in [5, 5.41) is 8.91. The van der Waals surface area contributed by atoms with E-state index in [1.165, 1.54) is 10.8 Å². The minimum Gasteiger partial charge on any atom is -0.496 e. The number of ether oxygens (including phenoxy) is 1. The Morgan fingerprint density at radius 1 is 1.03 bits per heavy atom. The lowest BCUT2D eigenvalue weighted by atomic mass is 10.1. The number of rotatable bonds is 4. The molecule has 0 aromatic heterocycles. The number of anilines is 4. The summed E-state index contributed by atoms with van der Waals surface area (Å²) in [6.07, 6.45) is 4.19. The van der Waals surface area contributed by atoms with Crippen LogP contribution < -0.4 is 20.3 Å². The molecule has 0 saturated heterocycles. The van der Waals surface area contributed by atoms with Gasteiger partial charge in [0.05, 0.1) is 24.0 Å². The standard InChI is InChI=1S/C27H22IN3O2/c1-33-25-17-19(28)8-13-23(25)27(32)30-20-9-11-21(12-10-20)31-16-4-15-29-26-22-6-3-2-5-18(22)7-14-24(26)31/h2-14,16-17,29H,15H2,1H3,(H,30,32). The Hall–Kier alpha value is -3.52. The smallest absolute Gasteiger partial charge is 0.259 e. The van der Waals surface area contributed by atoms with E-state index in [-0.39, 0.29) is 5.91 Å². The minimum absolute atomic E-state index is 0.202. The van der Waals surface area contributed by atoms with Gasteiger partial charge < -0.3 is 20.3 Å². The van der Waals surface area contributed by atoms with Crippen LogP contribution in [0.25, 0.3) is 10.8 Å². The quantitative estimate of drug-likeness (QED) is 0.277. The van der Waals surface area contributed by atoms with Gasteiger partial charge in [0.15, 0.2) is 0 Å². The Balaban J connectivity index is 1.42. The fraction of sp³-hybridized carbons (Fsp3) is 0.0741. The maximum atomic E-state index is 12.8. The Morgan fingerprint density at radius 3 is 2.67 bits per heavy atom. The number of amides is 1. The van der Waals surface area contributed by atoms with Crippen molar-refractivity contribution >= 4 is 62.0 Å². The number of halogens is 1. The number of carbonyl (C=O) groups excluding carboxylic acids is 1. The molecule has 0 saturated carbocycles. The van der Waals surface area contributed by atoms with Gasteiger partial charge >= 0.3 is 0 Å². The predicted molar refractivity (Wildman–Crippen MR) is 144 cm³/mol. The van der Waals surface area contributed by atoms with E-state index in [0.29, 0.717) is 11.3 Å². The van der Waals surface area contributed by atoms with Crippen molar-refractivity contribution in [1.29, 1.82) is 0 Å². The van der Waals surface area contributed by atoms with Gasteiger partial charge in [0.2, 0.25) is 0 Å². The van der Waals surface area contributed by atoms with E-state index in [9.17, 15) is 4.79 Å². The molecule has 0 spiro atoms. The lowest BCUT2D eigenvalue weighted by molar-refractivity contribution is 0.102. The van der Waals surface area contributed by atoms with Gasteiger partial charge in [-0.3, -0.25) is 4.79 Å². The number of carbonyl (C=O) groups is 1. The van der Waals surface area contributed by atoms with E-state index in [2.05, 4.69) is 86.8 Å². The Labute approximate surface area is 206 Å². The zero-order valence-corrected chi connectivity index (χ0v) is 20.2. The van der Waals surface area contributed by atoms with Gasteiger partial charge in [-0.15, -0.1) is 0 Å². The zero-order valence-electron chi connectivity index (χ0n) is 18.0. The van der Waals surface area contributed by atoms with Crippen molar-refractivity contribution < 1.29 is 9.53 Å². The number of methoxy groups -OCH3 is 1. The van der Waals surface area contributed by atoms with Crippen LogP contribution in [0.15, 0.2) is 91.1 Å². The van der Waals surface area contributed by atoms with Crippen LogP contribution in [0, 0.1) is 3.57 Å². The second-order valence-electron chi connectivity index (χ2n) is 7.66. The Morgan fingerprint density at radius 2 is 1.85 bits per heavy atom. The highest BCUT2D eigenvalue weighted by molar-refractivity contribution is 14.1. The maximum absolute atomic E-state index is 12.8. The van der Waals surface area contributed by atoms with Crippen LogP contribution in [-0.4, -0.2) is 19.6 Å². The lowest BCUT2D eigenvalue weighted by Gasteiger charge is -2.23. The van der Waals surface area contributed by atoms with Gasteiger partial charge in [-0.05, 0) is 82.6 Å². The summed E-state index contributed by atoms with van der Waals surface area (Å²) in [5.74, 6) is 0.355. The third kappa shape index (κ3) is 4.26. The van der Waals surface area contributed by atoms with E-state index in [0.717, 1.165) is 32.9 Å². The first-order valence-corrected chi connectivity index (χ1v) is 11.7. The zero-order chi connectivity index (χ0) is 22.8. The van der Waals surface area contributed by atoms with Crippen molar-refractivity contribution in [1.82, 2.24) is 0 Å². The number of fused-ring (bicyclic) bond motifs is 3. The van der Waals surface area contributed by atoms with E-state index in [1.54, 1.807) is 13.2 Å². The first kappa shape index (κ1) is 21.3. The third-order valence-corrected chi connectivity index (χ3v) is 6.30. The lowest BCUT2D eigenvalue weighted by Crippen LogP contribution is -2.13. The molecule has 1 amide bonds. The molecule has 4 aromatic rings. The summed E-state index contributed by atoms with van der Waals surface area (Å²) in [4.78, 5) is 15.0. The maximum Gasteiger partial charge on any atom is 0.259 e. The SMILES string of the molecule is COc1cc(I)ccc1C(=O)Nc1ccc(N2C=CCNc3c2ccc2ccccc32)cc1.